The maximum absolute atomic E-state index is 8.93. The van der Waals surface area contributed by atoms with E-state index in [9.17, 15) is 0 Å². The van der Waals surface area contributed by atoms with E-state index in [1.807, 2.05) is 6.07 Å². The van der Waals surface area contributed by atoms with Crippen molar-refractivity contribution in [2.24, 2.45) is 0 Å². The first-order valence-electron chi connectivity index (χ1n) is 2.94. The zero-order valence-corrected chi connectivity index (χ0v) is 6.34. The Balaban J connectivity index is 3.05. The third-order valence-corrected chi connectivity index (χ3v) is 1.51. The molecule has 1 N–H and O–H groups in total. The molecule has 0 aliphatic heterocycles. The first kappa shape index (κ1) is 7.83. The van der Waals surface area contributed by atoms with Gasteiger partial charge in [0.1, 0.15) is 10.9 Å². The average molecular weight is 169 g/mol. The second kappa shape index (κ2) is 3.22. The molecule has 0 amide bonds. The lowest BCUT2D eigenvalue weighted by Crippen LogP contribution is -1.85. The van der Waals surface area contributed by atoms with Gasteiger partial charge in [-0.25, -0.2) is 4.98 Å². The fraction of sp³-hybridized carbons (Fsp3) is 0.143. The van der Waals surface area contributed by atoms with Crippen LogP contribution in [0.3, 0.4) is 0 Å². The Labute approximate surface area is 68.9 Å². The Morgan fingerprint density at radius 3 is 3.09 bits per heavy atom. The summed E-state index contributed by atoms with van der Waals surface area (Å²) < 4.78 is 0. The van der Waals surface area contributed by atoms with Gasteiger partial charge < -0.3 is 5.11 Å². The molecule has 0 unspecified atom stereocenters. The van der Waals surface area contributed by atoms with Gasteiger partial charge in [-0.3, -0.25) is 0 Å². The molecule has 3 nitrogen and oxygen atoms in total. The highest BCUT2D eigenvalue weighted by molar-refractivity contribution is 6.30. The molecule has 0 radical (unpaired) electrons. The van der Waals surface area contributed by atoms with Gasteiger partial charge in [0.15, 0.2) is 0 Å². The van der Waals surface area contributed by atoms with Crippen LogP contribution in [0.15, 0.2) is 12.3 Å². The normalized spacial score (nSPS) is 9.09. The van der Waals surface area contributed by atoms with Crippen molar-refractivity contribution < 1.29 is 5.11 Å². The van der Waals surface area contributed by atoms with E-state index in [-0.39, 0.29) is 17.3 Å². The number of hydrogen-bond acceptors (Lipinski definition) is 3. The Morgan fingerprint density at radius 1 is 1.73 bits per heavy atom. The van der Waals surface area contributed by atoms with E-state index in [2.05, 4.69) is 4.98 Å². The minimum absolute atomic E-state index is 0.0275. The van der Waals surface area contributed by atoms with E-state index in [0.717, 1.165) is 0 Å². The molecule has 0 aliphatic carbocycles. The third-order valence-electron chi connectivity index (χ3n) is 1.17. The number of aromatic hydroxyl groups is 1. The lowest BCUT2D eigenvalue weighted by molar-refractivity contribution is 0.472. The number of hydrogen-bond donors (Lipinski definition) is 1. The number of rotatable bonds is 1. The minimum Gasteiger partial charge on any atom is -0.506 e. The molecule has 1 heterocycles. The Hall–Kier alpha value is -1.27. The monoisotopic (exact) mass is 168 g/mol. The molecule has 1 aromatic rings. The van der Waals surface area contributed by atoms with Crippen molar-refractivity contribution in [3.8, 4) is 11.8 Å². The lowest BCUT2D eigenvalue weighted by Gasteiger charge is -1.97. The summed E-state index contributed by atoms with van der Waals surface area (Å²) in [6, 6.07) is 3.35. The fourth-order valence-corrected chi connectivity index (χ4v) is 0.860. The number of aromatic nitrogens is 1. The third kappa shape index (κ3) is 1.82. The molecule has 1 rings (SSSR count). The highest BCUT2D eigenvalue weighted by Crippen LogP contribution is 2.17. The van der Waals surface area contributed by atoms with E-state index < -0.39 is 0 Å². The average Bonchev–Trinajstić information content (AvgIpc) is 1.98. The first-order valence-corrected chi connectivity index (χ1v) is 3.32. The summed E-state index contributed by atoms with van der Waals surface area (Å²) in [6.45, 7) is 0. The van der Waals surface area contributed by atoms with Crippen LogP contribution >= 0.6 is 11.6 Å². The van der Waals surface area contributed by atoms with Crippen LogP contribution in [0.2, 0.25) is 5.15 Å². The Kier molecular flexibility index (Phi) is 2.29. The van der Waals surface area contributed by atoms with Crippen LogP contribution in [0.4, 0.5) is 0 Å². The van der Waals surface area contributed by atoms with Crippen LogP contribution in [-0.4, -0.2) is 10.1 Å². The van der Waals surface area contributed by atoms with Crippen LogP contribution in [-0.2, 0) is 6.42 Å². The molecule has 0 spiro atoms. The molecular weight excluding hydrogens is 164 g/mol. The summed E-state index contributed by atoms with van der Waals surface area (Å²) >= 11 is 5.60. The van der Waals surface area contributed by atoms with E-state index in [1.165, 1.54) is 12.3 Å². The molecular formula is C7H5ClN2O. The second-order valence-corrected chi connectivity index (χ2v) is 2.34. The maximum Gasteiger partial charge on any atom is 0.134 e. The molecule has 56 valence electrons. The SMILES string of the molecule is N#CCc1cc(O)cnc1Cl. The molecule has 0 bridgehead atoms. The number of nitrogens with zero attached hydrogens (tertiary/aromatic N) is 2. The summed E-state index contributed by atoms with van der Waals surface area (Å²) in [4.78, 5) is 3.66. The molecule has 0 aliphatic rings. The van der Waals surface area contributed by atoms with Crippen LogP contribution in [0.1, 0.15) is 5.56 Å². The molecule has 0 saturated heterocycles. The van der Waals surface area contributed by atoms with Gasteiger partial charge in [-0.15, -0.1) is 0 Å². The van der Waals surface area contributed by atoms with Gasteiger partial charge in [0.05, 0.1) is 18.7 Å². The van der Waals surface area contributed by atoms with Crippen molar-refractivity contribution in [2.45, 2.75) is 6.42 Å². The highest BCUT2D eigenvalue weighted by Gasteiger charge is 2.01. The molecule has 4 heteroatoms. The van der Waals surface area contributed by atoms with Crippen molar-refractivity contribution >= 4 is 11.6 Å². The molecule has 1 aromatic heterocycles. The van der Waals surface area contributed by atoms with Gasteiger partial charge in [-0.2, -0.15) is 5.26 Å². The Morgan fingerprint density at radius 2 is 2.45 bits per heavy atom. The van der Waals surface area contributed by atoms with Crippen LogP contribution < -0.4 is 0 Å². The molecule has 0 saturated carbocycles. The van der Waals surface area contributed by atoms with Crippen LogP contribution in [0.5, 0.6) is 5.75 Å². The maximum atomic E-state index is 8.93. The van der Waals surface area contributed by atoms with Gasteiger partial charge in [0.25, 0.3) is 0 Å². The minimum atomic E-state index is 0.0275. The van der Waals surface area contributed by atoms with Crippen LogP contribution in [0, 0.1) is 11.3 Å². The van der Waals surface area contributed by atoms with E-state index >= 15 is 0 Å². The van der Waals surface area contributed by atoms with Crippen molar-refractivity contribution in [1.29, 1.82) is 5.26 Å². The molecule has 0 fully saturated rings. The summed E-state index contributed by atoms with van der Waals surface area (Å²) in [6.07, 6.45) is 1.41. The van der Waals surface area contributed by atoms with Crippen molar-refractivity contribution in [1.82, 2.24) is 4.98 Å². The van der Waals surface area contributed by atoms with Gasteiger partial charge in [-0.05, 0) is 6.07 Å². The lowest BCUT2D eigenvalue weighted by atomic mass is 10.2. The predicted molar refractivity (Wildman–Crippen MR) is 40.2 cm³/mol. The van der Waals surface area contributed by atoms with Crippen LogP contribution in [0.25, 0.3) is 0 Å². The van der Waals surface area contributed by atoms with Crippen molar-refractivity contribution in [2.75, 3.05) is 0 Å². The standard InChI is InChI=1S/C7H5ClN2O/c8-7-5(1-2-9)3-6(11)4-10-7/h3-4,11H,1H2. The summed E-state index contributed by atoms with van der Waals surface area (Å²) in [5, 5.41) is 17.5. The number of halogens is 1. The topological polar surface area (TPSA) is 56.9 Å². The summed E-state index contributed by atoms with van der Waals surface area (Å²) in [5.41, 5.74) is 0.550. The number of nitriles is 1. The van der Waals surface area contributed by atoms with Gasteiger partial charge in [-0.1, -0.05) is 11.6 Å². The van der Waals surface area contributed by atoms with Gasteiger partial charge in [0.2, 0.25) is 0 Å². The first-order chi connectivity index (χ1) is 5.24. The smallest absolute Gasteiger partial charge is 0.134 e. The van der Waals surface area contributed by atoms with Crippen molar-refractivity contribution in [3.63, 3.8) is 0 Å². The zero-order chi connectivity index (χ0) is 8.27. The van der Waals surface area contributed by atoms with E-state index in [1.54, 1.807) is 0 Å². The van der Waals surface area contributed by atoms with Gasteiger partial charge in [0, 0.05) is 5.56 Å². The van der Waals surface area contributed by atoms with E-state index in [0.29, 0.717) is 5.56 Å². The van der Waals surface area contributed by atoms with Crippen molar-refractivity contribution in [3.05, 3.63) is 23.0 Å². The Bertz CT molecular complexity index is 306. The summed E-state index contributed by atoms with van der Waals surface area (Å²) in [5.74, 6) is 0.0275. The predicted octanol–water partition coefficient (Wildman–Crippen LogP) is 1.51. The number of pyridine rings is 1. The molecule has 0 aromatic carbocycles. The second-order valence-electron chi connectivity index (χ2n) is 1.98. The molecule has 11 heavy (non-hydrogen) atoms. The largest absolute Gasteiger partial charge is 0.506 e. The molecule has 0 atom stereocenters. The van der Waals surface area contributed by atoms with Gasteiger partial charge >= 0.3 is 0 Å². The fourth-order valence-electron chi connectivity index (χ4n) is 0.690. The van der Waals surface area contributed by atoms with E-state index in [4.69, 9.17) is 22.0 Å². The highest BCUT2D eigenvalue weighted by atomic mass is 35.5. The summed E-state index contributed by atoms with van der Waals surface area (Å²) in [7, 11) is 0. The zero-order valence-electron chi connectivity index (χ0n) is 5.58. The quantitative estimate of drug-likeness (QED) is 0.647.